The number of ether oxygens (including phenoxy) is 2. The van der Waals surface area contributed by atoms with E-state index in [4.69, 9.17) is 24.8 Å². The first-order valence-electron chi connectivity index (χ1n) is 19.8. The van der Waals surface area contributed by atoms with E-state index in [1.54, 1.807) is 0 Å². The molecule has 0 fully saturated rings. The van der Waals surface area contributed by atoms with Crippen LogP contribution < -0.4 is 5.73 Å². The van der Waals surface area contributed by atoms with Gasteiger partial charge in [-0.3, -0.25) is 23.4 Å². The van der Waals surface area contributed by atoms with Crippen molar-refractivity contribution in [3.8, 4) is 0 Å². The van der Waals surface area contributed by atoms with E-state index in [9.17, 15) is 23.8 Å². The zero-order valence-electron chi connectivity index (χ0n) is 32.6. The van der Waals surface area contributed by atoms with Gasteiger partial charge in [0.1, 0.15) is 12.6 Å². The maximum absolute atomic E-state index is 12.6. The van der Waals surface area contributed by atoms with Crippen LogP contribution in [-0.2, 0) is 37.5 Å². The minimum absolute atomic E-state index is 0.141. The second kappa shape index (κ2) is 36.2. The Morgan fingerprint density at radius 1 is 0.585 bits per heavy atom. The molecule has 1 unspecified atom stereocenters. The number of phosphoric ester groups is 1. The third-order valence-electron chi connectivity index (χ3n) is 7.97. The molecule has 53 heavy (non-hydrogen) atoms. The van der Waals surface area contributed by atoms with Gasteiger partial charge in [-0.15, -0.1) is 0 Å². The van der Waals surface area contributed by atoms with Gasteiger partial charge in [0.25, 0.3) is 0 Å². The number of carboxylic acids is 1. The zero-order chi connectivity index (χ0) is 39.3. The molecule has 0 aliphatic heterocycles. The first-order chi connectivity index (χ1) is 25.6. The lowest BCUT2D eigenvalue weighted by Crippen LogP contribution is -2.34. The topological polar surface area (TPSA) is 172 Å². The summed E-state index contributed by atoms with van der Waals surface area (Å²) in [6, 6.07) is -1.53. The van der Waals surface area contributed by atoms with Crippen LogP contribution in [0.2, 0.25) is 0 Å². The number of esters is 2. The van der Waals surface area contributed by atoms with Crippen molar-refractivity contribution in [2.75, 3.05) is 19.8 Å². The van der Waals surface area contributed by atoms with Gasteiger partial charge in [-0.1, -0.05) is 120 Å². The summed E-state index contributed by atoms with van der Waals surface area (Å²) < 4.78 is 32.5. The molecule has 0 amide bonds. The maximum Gasteiger partial charge on any atom is 0.472 e. The van der Waals surface area contributed by atoms with E-state index in [-0.39, 0.29) is 19.4 Å². The van der Waals surface area contributed by atoms with Gasteiger partial charge in [0.15, 0.2) is 6.10 Å². The highest BCUT2D eigenvalue weighted by Gasteiger charge is 2.28. The van der Waals surface area contributed by atoms with Crippen LogP contribution >= 0.6 is 7.82 Å². The number of aliphatic carboxylic acids is 1. The van der Waals surface area contributed by atoms with E-state index >= 15 is 0 Å². The lowest BCUT2D eigenvalue weighted by molar-refractivity contribution is -0.161. The molecule has 12 heteroatoms. The molecule has 0 aliphatic rings. The van der Waals surface area contributed by atoms with Crippen molar-refractivity contribution in [1.82, 2.24) is 0 Å². The third kappa shape index (κ3) is 36.0. The van der Waals surface area contributed by atoms with Crippen molar-refractivity contribution in [3.05, 3.63) is 60.8 Å². The Morgan fingerprint density at radius 2 is 1.04 bits per heavy atom. The molecule has 0 aromatic carbocycles. The van der Waals surface area contributed by atoms with E-state index in [1.807, 2.05) is 0 Å². The first kappa shape index (κ1) is 50.2. The fourth-order valence-electron chi connectivity index (χ4n) is 4.81. The number of carbonyl (C=O) groups excluding carboxylic acids is 2. The normalized spacial score (nSPS) is 14.5. The van der Waals surface area contributed by atoms with Crippen LogP contribution in [0.1, 0.15) is 149 Å². The molecular weight excluding hydrogens is 697 g/mol. The molecule has 4 N–H and O–H groups in total. The average Bonchev–Trinajstić information content (AvgIpc) is 3.13. The molecule has 0 saturated carbocycles. The first-order valence-corrected chi connectivity index (χ1v) is 21.3. The van der Waals surface area contributed by atoms with Gasteiger partial charge in [0.2, 0.25) is 0 Å². The average molecular weight is 768 g/mol. The summed E-state index contributed by atoms with van der Waals surface area (Å²) in [6.45, 7) is 2.64. The highest BCUT2D eigenvalue weighted by atomic mass is 31.2. The van der Waals surface area contributed by atoms with Crippen molar-refractivity contribution < 1.29 is 47.5 Å². The summed E-state index contributed by atoms with van der Waals surface area (Å²) in [4.78, 5) is 45.8. The number of unbranched alkanes of at least 4 members (excludes halogenated alkanes) is 12. The maximum atomic E-state index is 12.6. The van der Waals surface area contributed by atoms with Crippen LogP contribution in [0.4, 0.5) is 0 Å². The van der Waals surface area contributed by atoms with Gasteiger partial charge in [-0.2, -0.15) is 0 Å². The Hall–Kier alpha value is -2.82. The highest BCUT2D eigenvalue weighted by molar-refractivity contribution is 7.47. The lowest BCUT2D eigenvalue weighted by atomic mass is 10.1. The van der Waals surface area contributed by atoms with E-state index in [2.05, 4.69) is 79.1 Å². The molecular formula is C41H70NO10P. The number of allylic oxidation sites excluding steroid dienone is 10. The van der Waals surface area contributed by atoms with Crippen molar-refractivity contribution in [2.45, 2.75) is 161 Å². The molecule has 0 spiro atoms. The second-order valence-corrected chi connectivity index (χ2v) is 14.5. The summed E-state index contributed by atoms with van der Waals surface area (Å²) in [5, 5.41) is 8.86. The number of nitrogens with two attached hydrogens (primary N) is 1. The SMILES string of the molecule is CCC/C=C/C/C=C/C/C=C/C/C=C/CCCCCC(=O)OC[C@@H](COP(=O)(O)OC[C@@H](N)C(=O)O)OC(=O)CCCCCCC/C=C/CCCCC. The molecule has 0 aliphatic carbocycles. The number of rotatable bonds is 36. The number of hydrogen-bond acceptors (Lipinski definition) is 9. The van der Waals surface area contributed by atoms with E-state index < -0.39 is 51.1 Å². The Morgan fingerprint density at radius 3 is 1.60 bits per heavy atom. The van der Waals surface area contributed by atoms with Crippen molar-refractivity contribution in [1.29, 1.82) is 0 Å². The van der Waals surface area contributed by atoms with Gasteiger partial charge in [-0.25, -0.2) is 4.57 Å². The van der Waals surface area contributed by atoms with Crippen LogP contribution in [0.5, 0.6) is 0 Å². The fourth-order valence-corrected chi connectivity index (χ4v) is 5.59. The quantitative estimate of drug-likeness (QED) is 0.0240. The molecule has 0 aromatic heterocycles. The Bertz CT molecular complexity index is 1130. The molecule has 0 bridgehead atoms. The number of carboxylic acid groups (broad SMARTS) is 1. The highest BCUT2D eigenvalue weighted by Crippen LogP contribution is 2.43. The van der Waals surface area contributed by atoms with Gasteiger partial charge < -0.3 is 25.2 Å². The van der Waals surface area contributed by atoms with Gasteiger partial charge in [0.05, 0.1) is 13.2 Å². The summed E-state index contributed by atoms with van der Waals surface area (Å²) in [5.74, 6) is -2.44. The van der Waals surface area contributed by atoms with Gasteiger partial charge in [0, 0.05) is 12.8 Å². The van der Waals surface area contributed by atoms with Crippen LogP contribution in [0.3, 0.4) is 0 Å². The number of hydrogen-bond donors (Lipinski definition) is 3. The molecule has 3 atom stereocenters. The van der Waals surface area contributed by atoms with Crippen molar-refractivity contribution in [3.63, 3.8) is 0 Å². The molecule has 0 rings (SSSR count). The smallest absolute Gasteiger partial charge is 0.472 e. The van der Waals surface area contributed by atoms with Gasteiger partial charge >= 0.3 is 25.7 Å². The van der Waals surface area contributed by atoms with Crippen molar-refractivity contribution in [2.24, 2.45) is 5.73 Å². The van der Waals surface area contributed by atoms with Crippen LogP contribution in [0.15, 0.2) is 60.8 Å². The largest absolute Gasteiger partial charge is 0.480 e. The van der Waals surface area contributed by atoms with E-state index in [1.165, 1.54) is 25.7 Å². The minimum Gasteiger partial charge on any atom is -0.480 e. The van der Waals surface area contributed by atoms with Crippen molar-refractivity contribution >= 4 is 25.7 Å². The molecule has 0 aromatic rings. The number of carbonyl (C=O) groups is 3. The van der Waals surface area contributed by atoms with Gasteiger partial charge in [-0.05, 0) is 77.0 Å². The van der Waals surface area contributed by atoms with E-state index in [0.717, 1.165) is 83.5 Å². The summed E-state index contributed by atoms with van der Waals surface area (Å²) in [5.41, 5.74) is 5.31. The Kier molecular flexibility index (Phi) is 34.2. The monoisotopic (exact) mass is 767 g/mol. The standard InChI is InChI=1S/C41H70NO10P/c1-3-5-7-9-11-13-15-17-18-19-20-21-23-24-26-28-30-32-39(43)49-34-37(35-50-53(47,48)51-36-38(42)41(45)46)52-40(44)33-31-29-27-25-22-16-14-12-10-8-6-4-2/h7,9,12-15,18-19,21,23,37-38H,3-6,8,10-11,16-17,20,22,24-36,42H2,1-2H3,(H,45,46)(H,47,48)/b9-7+,14-12+,15-13+,19-18+,23-21+/t37-,38+/m0/s1. The summed E-state index contributed by atoms with van der Waals surface area (Å²) >= 11 is 0. The third-order valence-corrected chi connectivity index (χ3v) is 8.92. The lowest BCUT2D eigenvalue weighted by Gasteiger charge is -2.20. The van der Waals surface area contributed by atoms with E-state index in [0.29, 0.717) is 12.8 Å². The zero-order valence-corrected chi connectivity index (χ0v) is 33.5. The number of phosphoric acid groups is 1. The fraction of sp³-hybridized carbons (Fsp3) is 0.683. The predicted molar refractivity (Wildman–Crippen MR) is 212 cm³/mol. The summed E-state index contributed by atoms with van der Waals surface area (Å²) in [7, 11) is -4.72. The molecule has 304 valence electrons. The summed E-state index contributed by atoms with van der Waals surface area (Å²) in [6.07, 6.45) is 40.0. The Labute approximate surface area is 319 Å². The van der Waals surface area contributed by atoms with Crippen LogP contribution in [-0.4, -0.2) is 59.9 Å². The molecule has 0 radical (unpaired) electrons. The second-order valence-electron chi connectivity index (χ2n) is 13.1. The molecule has 0 saturated heterocycles. The molecule has 0 heterocycles. The predicted octanol–water partition coefficient (Wildman–Crippen LogP) is 10.00. The van der Waals surface area contributed by atoms with Crippen LogP contribution in [0.25, 0.3) is 0 Å². The Balaban J connectivity index is 4.49. The minimum atomic E-state index is -4.72. The van der Waals surface area contributed by atoms with Crippen LogP contribution in [0, 0.1) is 0 Å². The molecule has 11 nitrogen and oxygen atoms in total.